The highest BCUT2D eigenvalue weighted by Crippen LogP contribution is 2.59. The van der Waals surface area contributed by atoms with Gasteiger partial charge in [-0.2, -0.15) is 0 Å². The fourth-order valence-corrected chi connectivity index (χ4v) is 5.94. The van der Waals surface area contributed by atoms with Gasteiger partial charge in [0.1, 0.15) is 17.4 Å². The molecule has 5 heteroatoms. The zero-order chi connectivity index (χ0) is 17.7. The van der Waals surface area contributed by atoms with Crippen LogP contribution in [0.15, 0.2) is 29.5 Å². The minimum Gasteiger partial charge on any atom is -0.512 e. The summed E-state index contributed by atoms with van der Waals surface area (Å²) in [4.78, 5) is 27.8. The van der Waals surface area contributed by atoms with Crippen LogP contribution in [0.3, 0.4) is 0 Å². The average Bonchev–Trinajstić information content (AvgIpc) is 3.14. The van der Waals surface area contributed by atoms with E-state index >= 15 is 0 Å². The van der Waals surface area contributed by atoms with E-state index in [0.717, 1.165) is 13.0 Å². The molecule has 0 bridgehead atoms. The van der Waals surface area contributed by atoms with Crippen LogP contribution in [0.25, 0.3) is 0 Å². The predicted octanol–water partition coefficient (Wildman–Crippen LogP) is 2.39. The molecule has 25 heavy (non-hydrogen) atoms. The molecule has 0 radical (unpaired) electrons. The van der Waals surface area contributed by atoms with Crippen molar-refractivity contribution in [3.05, 3.63) is 40.7 Å². The van der Waals surface area contributed by atoms with Gasteiger partial charge in [0, 0.05) is 29.6 Å². The van der Waals surface area contributed by atoms with E-state index in [0.29, 0.717) is 0 Å². The number of allylic oxidation sites excluding steroid dienone is 1. The minimum atomic E-state index is -0.448. The lowest BCUT2D eigenvalue weighted by Gasteiger charge is -2.39. The van der Waals surface area contributed by atoms with E-state index in [1.54, 1.807) is 4.90 Å². The summed E-state index contributed by atoms with van der Waals surface area (Å²) in [5.41, 5.74) is 3.43. The molecule has 0 unspecified atom stereocenters. The van der Waals surface area contributed by atoms with E-state index in [4.69, 9.17) is 0 Å². The van der Waals surface area contributed by atoms with Crippen LogP contribution in [0.2, 0.25) is 0 Å². The normalized spacial score (nSPS) is 36.0. The molecule has 0 saturated carbocycles. The molecule has 2 fully saturated rings. The molecular weight excluding hydrogens is 316 g/mol. The summed E-state index contributed by atoms with van der Waals surface area (Å²) in [5.74, 6) is -0.0545. The van der Waals surface area contributed by atoms with Crippen molar-refractivity contribution in [2.75, 3.05) is 11.9 Å². The lowest BCUT2D eigenvalue weighted by Crippen LogP contribution is -2.46. The van der Waals surface area contributed by atoms with Gasteiger partial charge in [0.2, 0.25) is 0 Å². The summed E-state index contributed by atoms with van der Waals surface area (Å²) in [7, 11) is 0. The molecule has 2 saturated heterocycles. The molecule has 0 spiro atoms. The summed E-state index contributed by atoms with van der Waals surface area (Å²) < 4.78 is 0. The number of hydrogen-bond acceptors (Lipinski definition) is 4. The number of carbonyl (C=O) groups is 2. The second kappa shape index (κ2) is 4.45. The van der Waals surface area contributed by atoms with E-state index in [1.807, 2.05) is 0 Å². The minimum absolute atomic E-state index is 0.0124. The van der Waals surface area contributed by atoms with Gasteiger partial charge in [-0.25, -0.2) is 0 Å². The molecular formula is C20H22N2O3. The van der Waals surface area contributed by atoms with E-state index in [1.165, 1.54) is 23.7 Å². The first-order chi connectivity index (χ1) is 11.8. The average molecular weight is 338 g/mol. The molecule has 0 aromatic heterocycles. The van der Waals surface area contributed by atoms with E-state index in [-0.39, 0.29) is 40.8 Å². The van der Waals surface area contributed by atoms with Gasteiger partial charge in [-0.05, 0) is 50.3 Å². The van der Waals surface area contributed by atoms with Gasteiger partial charge in [-0.1, -0.05) is 12.1 Å². The number of nitrogens with zero attached hydrogens (tertiary/aromatic N) is 1. The van der Waals surface area contributed by atoms with Crippen LogP contribution < -0.4 is 5.32 Å². The number of carbonyl (C=O) groups excluding carboxylic acids is 2. The maximum absolute atomic E-state index is 13.1. The molecule has 4 aliphatic rings. The topological polar surface area (TPSA) is 69.6 Å². The molecule has 2 N–H and O–H groups in total. The van der Waals surface area contributed by atoms with Crippen LogP contribution >= 0.6 is 0 Å². The number of rotatable bonds is 0. The number of anilines is 1. The highest BCUT2D eigenvalue weighted by atomic mass is 16.3. The standard InChI is InChI=1S/C20H22N2O3/c1-9(23)14-18(24)17-16-11-8-21-13-6-4-5-10(15(11)13)7-12(16)20(2,3)22(17)19(14)25/h4-6,11-12,16-17,21,23H,7-8H2,1-3H3/b14-9+/t11-,12-,16+,17+/m0/s1. The number of fused-ring (bicyclic) bond motifs is 4. The van der Waals surface area contributed by atoms with Crippen molar-refractivity contribution >= 4 is 17.4 Å². The molecule has 130 valence electrons. The Balaban J connectivity index is 1.70. The van der Waals surface area contributed by atoms with Crippen LogP contribution in [0.1, 0.15) is 37.8 Å². The zero-order valence-corrected chi connectivity index (χ0v) is 14.7. The first-order valence-electron chi connectivity index (χ1n) is 8.97. The van der Waals surface area contributed by atoms with Gasteiger partial charge >= 0.3 is 0 Å². The van der Waals surface area contributed by atoms with Crippen molar-refractivity contribution in [2.45, 2.75) is 44.7 Å². The maximum atomic E-state index is 13.1. The van der Waals surface area contributed by atoms with Crippen LogP contribution in [-0.2, 0) is 16.0 Å². The lowest BCUT2D eigenvalue weighted by molar-refractivity contribution is -0.130. The van der Waals surface area contributed by atoms with Crippen LogP contribution in [0.5, 0.6) is 0 Å². The van der Waals surface area contributed by atoms with Gasteiger partial charge in [-0.3, -0.25) is 9.59 Å². The fourth-order valence-electron chi connectivity index (χ4n) is 5.94. The SMILES string of the molecule is C/C(O)=C1/C(=O)[C@H]2[C@@H]3[C@H]4CNc5cccc(c54)C[C@@H]3C(C)(C)N2C1=O. The smallest absolute Gasteiger partial charge is 0.262 e. The fraction of sp³-hybridized carbons (Fsp3) is 0.500. The van der Waals surface area contributed by atoms with E-state index < -0.39 is 11.6 Å². The van der Waals surface area contributed by atoms with Gasteiger partial charge in [-0.15, -0.1) is 0 Å². The first kappa shape index (κ1) is 15.0. The Morgan fingerprint density at radius 1 is 1.32 bits per heavy atom. The second-order valence-corrected chi connectivity index (χ2v) is 8.35. The van der Waals surface area contributed by atoms with Gasteiger partial charge in [0.25, 0.3) is 5.91 Å². The number of benzene rings is 1. The molecule has 5 nitrogen and oxygen atoms in total. The number of Topliss-reactive ketones (excluding diaryl/α,β-unsaturated/α-hetero) is 1. The van der Waals surface area contributed by atoms with Crippen molar-refractivity contribution < 1.29 is 14.7 Å². The van der Waals surface area contributed by atoms with Crippen molar-refractivity contribution in [1.29, 1.82) is 0 Å². The molecule has 1 aromatic carbocycles. The number of ketones is 1. The van der Waals surface area contributed by atoms with E-state index in [2.05, 4.69) is 37.4 Å². The summed E-state index contributed by atoms with van der Waals surface area (Å²) in [6.45, 7) is 6.39. The quantitative estimate of drug-likeness (QED) is 0.433. The molecule has 1 aromatic rings. The van der Waals surface area contributed by atoms with Crippen molar-refractivity contribution in [3.8, 4) is 0 Å². The van der Waals surface area contributed by atoms with Crippen LogP contribution in [-0.4, -0.2) is 39.8 Å². The molecule has 1 amide bonds. The van der Waals surface area contributed by atoms with Crippen LogP contribution in [0.4, 0.5) is 5.69 Å². The largest absolute Gasteiger partial charge is 0.512 e. The lowest BCUT2D eigenvalue weighted by atomic mass is 9.64. The Morgan fingerprint density at radius 3 is 2.80 bits per heavy atom. The number of amides is 1. The number of hydrogen-bond donors (Lipinski definition) is 2. The van der Waals surface area contributed by atoms with Crippen molar-refractivity contribution in [2.24, 2.45) is 11.8 Å². The summed E-state index contributed by atoms with van der Waals surface area (Å²) in [6.07, 6.45) is 0.893. The summed E-state index contributed by atoms with van der Waals surface area (Å²) in [5, 5.41) is 13.4. The van der Waals surface area contributed by atoms with Crippen molar-refractivity contribution in [3.63, 3.8) is 0 Å². The van der Waals surface area contributed by atoms with Gasteiger partial charge in [0.05, 0.1) is 0 Å². The molecule has 4 atom stereocenters. The first-order valence-corrected chi connectivity index (χ1v) is 8.97. The number of aliphatic hydroxyl groups excluding tert-OH is 1. The Morgan fingerprint density at radius 2 is 2.08 bits per heavy atom. The summed E-state index contributed by atoms with van der Waals surface area (Å²) in [6, 6.07) is 5.92. The van der Waals surface area contributed by atoms with Crippen LogP contribution in [0, 0.1) is 11.8 Å². The Bertz CT molecular complexity index is 866. The zero-order valence-electron chi connectivity index (χ0n) is 14.7. The van der Waals surface area contributed by atoms with E-state index in [9.17, 15) is 14.7 Å². The highest BCUT2D eigenvalue weighted by Gasteiger charge is 2.66. The Hall–Kier alpha value is -2.30. The van der Waals surface area contributed by atoms with Crippen molar-refractivity contribution in [1.82, 2.24) is 4.90 Å². The van der Waals surface area contributed by atoms with Gasteiger partial charge in [0.15, 0.2) is 5.78 Å². The molecule has 5 rings (SSSR count). The second-order valence-electron chi connectivity index (χ2n) is 8.35. The highest BCUT2D eigenvalue weighted by molar-refractivity contribution is 6.27. The third-order valence-electron chi connectivity index (χ3n) is 6.93. The molecule has 1 aliphatic carbocycles. The third-order valence-corrected chi connectivity index (χ3v) is 6.93. The predicted molar refractivity (Wildman–Crippen MR) is 93.4 cm³/mol. The summed E-state index contributed by atoms with van der Waals surface area (Å²) >= 11 is 0. The third kappa shape index (κ3) is 1.59. The Labute approximate surface area is 146 Å². The molecule has 3 heterocycles. The number of nitrogens with one attached hydrogen (secondary N) is 1. The van der Waals surface area contributed by atoms with Gasteiger partial charge < -0.3 is 15.3 Å². The maximum Gasteiger partial charge on any atom is 0.262 e. The monoisotopic (exact) mass is 338 g/mol. The number of aliphatic hydroxyl groups is 1. The Kier molecular flexibility index (Phi) is 2.67. The molecule has 3 aliphatic heterocycles.